The smallest absolute Gasteiger partial charge is 0.252 e. The van der Waals surface area contributed by atoms with Crippen LogP contribution in [0.25, 0.3) is 10.9 Å². The second-order valence-electron chi connectivity index (χ2n) is 5.43. The van der Waals surface area contributed by atoms with Crippen LogP contribution in [0.3, 0.4) is 0 Å². The minimum atomic E-state index is -0.468. The van der Waals surface area contributed by atoms with E-state index in [2.05, 4.69) is 10.3 Å². The third kappa shape index (κ3) is 3.58. The largest absolute Gasteiger partial charge is 0.497 e. The average Bonchev–Trinajstić information content (AvgIpc) is 2.65. The molecule has 0 saturated heterocycles. The predicted octanol–water partition coefficient (Wildman–Crippen LogP) is 2.15. The summed E-state index contributed by atoms with van der Waals surface area (Å²) in [6.45, 7) is -0.160. The van der Waals surface area contributed by atoms with Gasteiger partial charge in [0.15, 0.2) is 5.78 Å². The lowest BCUT2D eigenvalue weighted by atomic mass is 10.1. The number of methoxy groups -OCH3 is 1. The van der Waals surface area contributed by atoms with Crippen LogP contribution in [0.5, 0.6) is 5.75 Å². The first kappa shape index (κ1) is 16.4. The zero-order valence-corrected chi connectivity index (χ0v) is 13.5. The normalized spacial score (nSPS) is 10.4. The fourth-order valence-electron chi connectivity index (χ4n) is 2.53. The number of amides is 1. The molecule has 1 heterocycles. The van der Waals surface area contributed by atoms with Crippen molar-refractivity contribution >= 4 is 22.6 Å². The first-order chi connectivity index (χ1) is 12.1. The first-order valence-electron chi connectivity index (χ1n) is 7.66. The van der Waals surface area contributed by atoms with Gasteiger partial charge in [0.05, 0.1) is 19.2 Å². The van der Waals surface area contributed by atoms with Gasteiger partial charge in [-0.2, -0.15) is 0 Å². The van der Waals surface area contributed by atoms with Gasteiger partial charge in [-0.15, -0.1) is 0 Å². The summed E-state index contributed by atoms with van der Waals surface area (Å²) in [6.07, 6.45) is 0. The lowest BCUT2D eigenvalue weighted by molar-refractivity contribution is 0.0905. The van der Waals surface area contributed by atoms with Crippen molar-refractivity contribution in [2.24, 2.45) is 0 Å². The summed E-state index contributed by atoms with van der Waals surface area (Å²) in [5.41, 5.74) is 0.908. The van der Waals surface area contributed by atoms with Crippen molar-refractivity contribution in [3.05, 3.63) is 76.1 Å². The minimum Gasteiger partial charge on any atom is -0.497 e. The Balaban J connectivity index is 1.76. The van der Waals surface area contributed by atoms with E-state index in [1.54, 1.807) is 55.6 Å². The van der Waals surface area contributed by atoms with Gasteiger partial charge < -0.3 is 15.0 Å². The monoisotopic (exact) mass is 336 g/mol. The third-order valence-electron chi connectivity index (χ3n) is 3.82. The molecule has 0 saturated carbocycles. The Hall–Kier alpha value is -3.41. The Morgan fingerprint density at radius 2 is 1.80 bits per heavy atom. The molecule has 0 fully saturated rings. The van der Waals surface area contributed by atoms with Crippen molar-refractivity contribution in [2.45, 2.75) is 0 Å². The Morgan fingerprint density at radius 3 is 2.52 bits per heavy atom. The predicted molar refractivity (Wildman–Crippen MR) is 94.2 cm³/mol. The molecule has 2 N–H and O–H groups in total. The summed E-state index contributed by atoms with van der Waals surface area (Å²) in [6, 6.07) is 14.9. The zero-order valence-electron chi connectivity index (χ0n) is 13.5. The molecule has 1 aromatic heterocycles. The number of aromatic amines is 1. The quantitative estimate of drug-likeness (QED) is 0.699. The molecule has 0 bridgehead atoms. The number of hydrogen-bond acceptors (Lipinski definition) is 4. The number of fused-ring (bicyclic) bond motifs is 1. The summed E-state index contributed by atoms with van der Waals surface area (Å²) >= 11 is 0. The highest BCUT2D eigenvalue weighted by Crippen LogP contribution is 2.15. The molecule has 2 aromatic carbocycles. The van der Waals surface area contributed by atoms with E-state index in [4.69, 9.17) is 4.74 Å². The molecule has 0 aliphatic rings. The maximum absolute atomic E-state index is 12.4. The van der Waals surface area contributed by atoms with E-state index in [-0.39, 0.29) is 23.5 Å². The molecule has 126 valence electrons. The number of para-hydroxylation sites is 1. The van der Waals surface area contributed by atoms with Crippen LogP contribution in [-0.4, -0.2) is 30.3 Å². The SMILES string of the molecule is COc1ccc(C(=O)CNC(=O)c2cc(=O)[nH]c3ccccc23)cc1. The molecular weight excluding hydrogens is 320 g/mol. The van der Waals surface area contributed by atoms with Crippen LogP contribution >= 0.6 is 0 Å². The lowest BCUT2D eigenvalue weighted by Crippen LogP contribution is -2.30. The number of ether oxygens (including phenoxy) is 1. The van der Waals surface area contributed by atoms with E-state index in [1.807, 2.05) is 0 Å². The van der Waals surface area contributed by atoms with Gasteiger partial charge in [-0.25, -0.2) is 0 Å². The van der Waals surface area contributed by atoms with Crippen LogP contribution in [0.2, 0.25) is 0 Å². The van der Waals surface area contributed by atoms with Gasteiger partial charge in [0.2, 0.25) is 5.56 Å². The van der Waals surface area contributed by atoms with Gasteiger partial charge in [0, 0.05) is 22.5 Å². The topological polar surface area (TPSA) is 88.3 Å². The van der Waals surface area contributed by atoms with Crippen molar-refractivity contribution < 1.29 is 14.3 Å². The molecule has 6 nitrogen and oxygen atoms in total. The van der Waals surface area contributed by atoms with Crippen molar-refractivity contribution in [3.63, 3.8) is 0 Å². The number of aromatic nitrogens is 1. The number of H-pyrrole nitrogens is 1. The number of carbonyl (C=O) groups excluding carboxylic acids is 2. The molecule has 25 heavy (non-hydrogen) atoms. The highest BCUT2D eigenvalue weighted by molar-refractivity contribution is 6.08. The van der Waals surface area contributed by atoms with Crippen LogP contribution in [0, 0.1) is 0 Å². The second-order valence-corrected chi connectivity index (χ2v) is 5.43. The van der Waals surface area contributed by atoms with Crippen molar-refractivity contribution in [2.75, 3.05) is 13.7 Å². The number of ketones is 1. The van der Waals surface area contributed by atoms with E-state index >= 15 is 0 Å². The van der Waals surface area contributed by atoms with E-state index in [9.17, 15) is 14.4 Å². The fraction of sp³-hybridized carbons (Fsp3) is 0.105. The maximum Gasteiger partial charge on any atom is 0.252 e. The Kier molecular flexibility index (Phi) is 4.61. The van der Waals surface area contributed by atoms with E-state index in [0.29, 0.717) is 22.2 Å². The van der Waals surface area contributed by atoms with Crippen LogP contribution in [0.15, 0.2) is 59.4 Å². The van der Waals surface area contributed by atoms with Gasteiger partial charge >= 0.3 is 0 Å². The summed E-state index contributed by atoms with van der Waals surface area (Å²) in [5, 5.41) is 3.19. The molecule has 0 radical (unpaired) electrons. The fourth-order valence-corrected chi connectivity index (χ4v) is 2.53. The van der Waals surface area contributed by atoms with Crippen LogP contribution in [0.4, 0.5) is 0 Å². The molecule has 0 aliphatic carbocycles. The summed E-state index contributed by atoms with van der Waals surface area (Å²) in [7, 11) is 1.54. The van der Waals surface area contributed by atoms with Gasteiger partial charge in [-0.05, 0) is 30.3 Å². The van der Waals surface area contributed by atoms with Gasteiger partial charge in [0.1, 0.15) is 5.75 Å². The van der Waals surface area contributed by atoms with Crippen LogP contribution in [-0.2, 0) is 0 Å². The number of hydrogen-bond donors (Lipinski definition) is 2. The summed E-state index contributed by atoms with van der Waals surface area (Å²) in [5.74, 6) is -0.0510. The second kappa shape index (κ2) is 7.00. The number of benzene rings is 2. The molecule has 3 rings (SSSR count). The molecule has 0 spiro atoms. The number of pyridine rings is 1. The van der Waals surface area contributed by atoms with Gasteiger partial charge in [0.25, 0.3) is 5.91 Å². The number of Topliss-reactive ketones (excluding diaryl/α,β-unsaturated/α-hetero) is 1. The first-order valence-corrected chi connectivity index (χ1v) is 7.66. The maximum atomic E-state index is 12.4. The van der Waals surface area contributed by atoms with Crippen molar-refractivity contribution in [3.8, 4) is 5.75 Å². The molecule has 3 aromatic rings. The molecule has 0 unspecified atom stereocenters. The Morgan fingerprint density at radius 1 is 1.08 bits per heavy atom. The summed E-state index contributed by atoms with van der Waals surface area (Å²) < 4.78 is 5.04. The van der Waals surface area contributed by atoms with Crippen LogP contribution < -0.4 is 15.6 Å². The third-order valence-corrected chi connectivity index (χ3v) is 3.82. The lowest BCUT2D eigenvalue weighted by Gasteiger charge is -2.08. The van der Waals surface area contributed by atoms with E-state index < -0.39 is 5.91 Å². The zero-order chi connectivity index (χ0) is 17.8. The molecule has 6 heteroatoms. The van der Waals surface area contributed by atoms with Gasteiger partial charge in [-0.1, -0.05) is 18.2 Å². The Bertz CT molecular complexity index is 990. The summed E-state index contributed by atoms with van der Waals surface area (Å²) in [4.78, 5) is 39.0. The number of carbonyl (C=O) groups is 2. The number of nitrogens with one attached hydrogen (secondary N) is 2. The number of rotatable bonds is 5. The molecule has 1 amide bonds. The van der Waals surface area contributed by atoms with Gasteiger partial charge in [-0.3, -0.25) is 14.4 Å². The highest BCUT2D eigenvalue weighted by atomic mass is 16.5. The standard InChI is InChI=1S/C19H16N2O4/c1-25-13-8-6-12(7-9-13)17(22)11-20-19(24)15-10-18(23)21-16-5-3-2-4-14(15)16/h2-10H,11H2,1H3,(H,20,24)(H,21,23). The van der Waals surface area contributed by atoms with E-state index in [1.165, 1.54) is 6.07 Å². The highest BCUT2D eigenvalue weighted by Gasteiger charge is 2.13. The van der Waals surface area contributed by atoms with Crippen molar-refractivity contribution in [1.29, 1.82) is 0 Å². The molecular formula is C19H16N2O4. The average molecular weight is 336 g/mol. The minimum absolute atomic E-state index is 0.160. The molecule has 0 atom stereocenters. The van der Waals surface area contributed by atoms with Crippen molar-refractivity contribution in [1.82, 2.24) is 10.3 Å². The van der Waals surface area contributed by atoms with E-state index in [0.717, 1.165) is 0 Å². The molecule has 0 aliphatic heterocycles. The van der Waals surface area contributed by atoms with Crippen LogP contribution in [0.1, 0.15) is 20.7 Å². The Labute approximate surface area is 143 Å².